The number of hydrogen-bond donors (Lipinski definition) is 1. The summed E-state index contributed by atoms with van der Waals surface area (Å²) < 4.78 is 17.2. The molecule has 0 saturated heterocycles. The number of benzene rings is 2. The van der Waals surface area contributed by atoms with Gasteiger partial charge in [0.05, 0.1) is 24.6 Å². The first-order valence-electron chi connectivity index (χ1n) is 10.9. The summed E-state index contributed by atoms with van der Waals surface area (Å²) in [7, 11) is 4.57. The van der Waals surface area contributed by atoms with Gasteiger partial charge < -0.3 is 24.2 Å². The summed E-state index contributed by atoms with van der Waals surface area (Å²) in [6, 6.07) is 11.2. The quantitative estimate of drug-likeness (QED) is 0.288. The zero-order valence-electron chi connectivity index (χ0n) is 20.2. The van der Waals surface area contributed by atoms with Gasteiger partial charge in [0.15, 0.2) is 17.7 Å². The molecule has 3 aromatic rings. The number of methoxy groups -OCH3 is 2. The largest absolute Gasteiger partial charge is 0.479 e. The topological polar surface area (TPSA) is 138 Å². The molecule has 3 unspecified atom stereocenters. The lowest BCUT2D eigenvalue weighted by atomic mass is 9.83. The maximum atomic E-state index is 11.8. The van der Waals surface area contributed by atoms with Crippen LogP contribution in [0.5, 0.6) is 5.75 Å². The molecule has 2 aromatic carbocycles. The third-order valence-electron chi connectivity index (χ3n) is 6.20. The number of hydrogen-bond acceptors (Lipinski definition) is 10. The Morgan fingerprint density at radius 1 is 1.26 bits per heavy atom. The number of nitro benzene ring substituents is 1. The molecule has 186 valence electrons. The van der Waals surface area contributed by atoms with Gasteiger partial charge in [-0.05, 0) is 37.3 Å². The summed E-state index contributed by atoms with van der Waals surface area (Å²) in [5, 5.41) is 35.7. The third-order valence-corrected chi connectivity index (χ3v) is 6.20. The highest BCUT2D eigenvalue weighted by atomic mass is 16.7. The molecule has 0 bridgehead atoms. The van der Waals surface area contributed by atoms with Crippen LogP contribution in [0.25, 0.3) is 0 Å². The number of aryl methyl sites for hydroxylation is 2. The monoisotopic (exact) mass is 484 g/mol. The minimum atomic E-state index is -1.35. The van der Waals surface area contributed by atoms with Crippen molar-refractivity contribution in [3.8, 4) is 5.75 Å². The molecule has 0 aliphatic carbocycles. The van der Waals surface area contributed by atoms with E-state index in [0.29, 0.717) is 17.1 Å². The minimum absolute atomic E-state index is 0.121. The van der Waals surface area contributed by atoms with Crippen molar-refractivity contribution in [3.05, 3.63) is 69.5 Å². The van der Waals surface area contributed by atoms with E-state index in [0.717, 1.165) is 11.3 Å². The molecule has 1 aliphatic heterocycles. The van der Waals surface area contributed by atoms with E-state index in [1.807, 2.05) is 36.1 Å². The van der Waals surface area contributed by atoms with Crippen LogP contribution in [0.4, 0.5) is 11.4 Å². The van der Waals surface area contributed by atoms with E-state index in [1.54, 1.807) is 14.0 Å². The third kappa shape index (κ3) is 4.55. The van der Waals surface area contributed by atoms with Crippen LogP contribution in [0.15, 0.2) is 42.5 Å². The SMILES string of the molecule is COC(OC)C1(C)Oc2ccc([N+](=O)[O-])cc2C(N(Cc2nnn(C)n2)c2ccc(C)cc2)C1O. The molecule has 0 fully saturated rings. The van der Waals surface area contributed by atoms with E-state index in [4.69, 9.17) is 14.2 Å². The van der Waals surface area contributed by atoms with E-state index < -0.39 is 29.0 Å². The molecule has 0 spiro atoms. The lowest BCUT2D eigenvalue weighted by molar-refractivity contribution is -0.385. The average molecular weight is 485 g/mol. The van der Waals surface area contributed by atoms with Gasteiger partial charge in [-0.3, -0.25) is 10.1 Å². The molecule has 1 N–H and O–H groups in total. The summed E-state index contributed by atoms with van der Waals surface area (Å²) in [6.07, 6.45) is -2.17. The molecule has 12 heteroatoms. The Morgan fingerprint density at radius 2 is 1.94 bits per heavy atom. The number of aliphatic hydroxyl groups excluding tert-OH is 1. The fraction of sp³-hybridized carbons (Fsp3) is 0.435. The minimum Gasteiger partial charge on any atom is -0.479 e. The number of anilines is 1. The van der Waals surface area contributed by atoms with Crippen LogP contribution in [0.1, 0.15) is 29.9 Å². The summed E-state index contributed by atoms with van der Waals surface area (Å²) in [5.41, 5.74) is 0.777. The fourth-order valence-corrected chi connectivity index (χ4v) is 4.47. The van der Waals surface area contributed by atoms with Crippen molar-refractivity contribution in [1.82, 2.24) is 20.2 Å². The molecule has 1 aromatic heterocycles. The van der Waals surface area contributed by atoms with Crippen LogP contribution in [0.2, 0.25) is 0 Å². The Morgan fingerprint density at radius 3 is 2.51 bits per heavy atom. The number of nitrogens with zero attached hydrogens (tertiary/aromatic N) is 6. The van der Waals surface area contributed by atoms with Gasteiger partial charge in [0, 0.05) is 37.6 Å². The van der Waals surface area contributed by atoms with Crippen molar-refractivity contribution < 1.29 is 24.2 Å². The average Bonchev–Trinajstić information content (AvgIpc) is 3.24. The van der Waals surface area contributed by atoms with E-state index in [1.165, 1.54) is 37.2 Å². The number of tetrazole rings is 1. The second kappa shape index (κ2) is 9.56. The van der Waals surface area contributed by atoms with E-state index >= 15 is 0 Å². The maximum absolute atomic E-state index is 11.8. The van der Waals surface area contributed by atoms with Crippen LogP contribution in [-0.2, 0) is 23.1 Å². The fourth-order valence-electron chi connectivity index (χ4n) is 4.47. The van der Waals surface area contributed by atoms with Crippen molar-refractivity contribution in [2.45, 2.75) is 44.4 Å². The number of rotatable bonds is 8. The van der Waals surface area contributed by atoms with Gasteiger partial charge >= 0.3 is 0 Å². The van der Waals surface area contributed by atoms with Gasteiger partial charge in [-0.1, -0.05) is 17.7 Å². The second-order valence-electron chi connectivity index (χ2n) is 8.62. The Bertz CT molecular complexity index is 1200. The number of non-ortho nitro benzene ring substituents is 1. The van der Waals surface area contributed by atoms with Crippen molar-refractivity contribution in [3.63, 3.8) is 0 Å². The molecular weight excluding hydrogens is 456 g/mol. The van der Waals surface area contributed by atoms with Crippen molar-refractivity contribution in [2.24, 2.45) is 7.05 Å². The summed E-state index contributed by atoms with van der Waals surface area (Å²) in [6.45, 7) is 3.82. The first-order chi connectivity index (χ1) is 16.7. The maximum Gasteiger partial charge on any atom is 0.270 e. The summed E-state index contributed by atoms with van der Waals surface area (Å²) in [4.78, 5) is 14.3. The molecule has 4 rings (SSSR count). The summed E-state index contributed by atoms with van der Waals surface area (Å²) in [5.74, 6) is 0.784. The number of nitro groups is 1. The van der Waals surface area contributed by atoms with Crippen LogP contribution in [0.3, 0.4) is 0 Å². The molecule has 0 amide bonds. The van der Waals surface area contributed by atoms with E-state index in [9.17, 15) is 15.2 Å². The van der Waals surface area contributed by atoms with Crippen LogP contribution >= 0.6 is 0 Å². The zero-order valence-corrected chi connectivity index (χ0v) is 20.2. The standard InChI is InChI=1S/C23H28N6O6/c1-14-6-8-15(9-7-14)28(13-19-24-26-27(3)25-19)20-17-12-16(29(31)32)10-11-18(17)35-23(2,21(20)30)22(33-4)34-5/h6-12,20-22,30H,13H2,1-5H3. The van der Waals surface area contributed by atoms with Crippen LogP contribution in [-0.4, -0.2) is 62.5 Å². The first-order valence-corrected chi connectivity index (χ1v) is 10.9. The number of aliphatic hydroxyl groups is 1. The lowest BCUT2D eigenvalue weighted by Gasteiger charge is -2.49. The molecule has 2 heterocycles. The van der Waals surface area contributed by atoms with Crippen molar-refractivity contribution in [1.29, 1.82) is 0 Å². The molecule has 35 heavy (non-hydrogen) atoms. The molecule has 1 aliphatic rings. The van der Waals surface area contributed by atoms with Crippen LogP contribution < -0.4 is 9.64 Å². The zero-order chi connectivity index (χ0) is 25.3. The van der Waals surface area contributed by atoms with Crippen molar-refractivity contribution in [2.75, 3.05) is 19.1 Å². The number of ether oxygens (including phenoxy) is 3. The highest BCUT2D eigenvalue weighted by molar-refractivity contribution is 5.56. The summed E-state index contributed by atoms with van der Waals surface area (Å²) >= 11 is 0. The van der Waals surface area contributed by atoms with Gasteiger partial charge in [0.2, 0.25) is 0 Å². The van der Waals surface area contributed by atoms with Crippen LogP contribution in [0, 0.1) is 17.0 Å². The molecule has 12 nitrogen and oxygen atoms in total. The van der Waals surface area contributed by atoms with Gasteiger partial charge in [-0.15, -0.1) is 10.2 Å². The molecule has 3 atom stereocenters. The van der Waals surface area contributed by atoms with Crippen molar-refractivity contribution >= 4 is 11.4 Å². The van der Waals surface area contributed by atoms with Gasteiger partial charge in [0.25, 0.3) is 5.69 Å². The molecule has 0 saturated carbocycles. The number of aromatic nitrogens is 4. The van der Waals surface area contributed by atoms with E-state index in [-0.39, 0.29) is 12.2 Å². The van der Waals surface area contributed by atoms with Gasteiger partial charge in [-0.25, -0.2) is 0 Å². The second-order valence-corrected chi connectivity index (χ2v) is 8.62. The Balaban J connectivity index is 1.92. The predicted molar refractivity (Wildman–Crippen MR) is 125 cm³/mol. The lowest BCUT2D eigenvalue weighted by Crippen LogP contribution is -2.62. The van der Waals surface area contributed by atoms with E-state index in [2.05, 4.69) is 15.4 Å². The first kappa shape index (κ1) is 24.5. The van der Waals surface area contributed by atoms with Gasteiger partial charge in [0.1, 0.15) is 11.9 Å². The smallest absolute Gasteiger partial charge is 0.270 e. The normalized spacial score (nSPS) is 21.5. The molecular formula is C23H28N6O6. The predicted octanol–water partition coefficient (Wildman–Crippen LogP) is 2.31. The highest BCUT2D eigenvalue weighted by Crippen LogP contribution is 2.47. The Kier molecular flexibility index (Phi) is 6.70. The Labute approximate surface area is 202 Å². The molecule has 0 radical (unpaired) electrons. The Hall–Kier alpha value is -3.61. The highest BCUT2D eigenvalue weighted by Gasteiger charge is 2.54. The van der Waals surface area contributed by atoms with Gasteiger partial charge in [-0.2, -0.15) is 4.80 Å². The number of fused-ring (bicyclic) bond motifs is 1.